The zero-order valence-corrected chi connectivity index (χ0v) is 11.8. The number of benzene rings is 1. The molecule has 0 aromatic heterocycles. The summed E-state index contributed by atoms with van der Waals surface area (Å²) in [5, 5.41) is 4.67. The fraction of sp³-hybridized carbons (Fsp3) is 0.273. The second-order valence-electron chi connectivity index (χ2n) is 4.21. The molecule has 0 radical (unpaired) electrons. The Bertz CT molecular complexity index is 647. The minimum atomic E-state index is -3.65. The molecule has 2 rings (SSSR count). The van der Waals surface area contributed by atoms with Crippen molar-refractivity contribution in [3.05, 3.63) is 34.9 Å². The van der Waals surface area contributed by atoms with E-state index in [9.17, 15) is 18.0 Å². The van der Waals surface area contributed by atoms with Gasteiger partial charge in [0.1, 0.15) is 6.04 Å². The standard InChI is InChI=1S/C11H12ClN3O4S/c12-8-4-2-1-3-7(8)6-20(18,19)13-5-9-10(16)15-11(17)14-9/h1-4,9,13H,5-6H2,(H2,14,15,16,17). The normalized spacial score (nSPS) is 18.8. The summed E-state index contributed by atoms with van der Waals surface area (Å²) in [5.74, 6) is -0.856. The number of hydrogen-bond acceptors (Lipinski definition) is 4. The lowest BCUT2D eigenvalue weighted by molar-refractivity contribution is -0.120. The molecule has 1 aliphatic rings. The molecule has 1 atom stereocenters. The lowest BCUT2D eigenvalue weighted by Crippen LogP contribution is -2.41. The first-order valence-corrected chi connectivity index (χ1v) is 7.72. The van der Waals surface area contributed by atoms with Gasteiger partial charge in [0.15, 0.2) is 0 Å². The number of rotatable bonds is 5. The first kappa shape index (κ1) is 14.8. The van der Waals surface area contributed by atoms with Gasteiger partial charge in [-0.3, -0.25) is 10.1 Å². The highest BCUT2D eigenvalue weighted by molar-refractivity contribution is 7.88. The second-order valence-corrected chi connectivity index (χ2v) is 6.43. The van der Waals surface area contributed by atoms with Crippen LogP contribution in [0.1, 0.15) is 5.56 Å². The molecule has 0 bridgehead atoms. The molecule has 1 aliphatic heterocycles. The summed E-state index contributed by atoms with van der Waals surface area (Å²) < 4.78 is 26.0. The molecular formula is C11H12ClN3O4S. The first-order chi connectivity index (χ1) is 9.37. The van der Waals surface area contributed by atoms with Crippen LogP contribution in [-0.2, 0) is 20.6 Å². The van der Waals surface area contributed by atoms with Crippen molar-refractivity contribution in [1.82, 2.24) is 15.4 Å². The molecule has 0 spiro atoms. The zero-order valence-electron chi connectivity index (χ0n) is 10.2. The topological polar surface area (TPSA) is 104 Å². The van der Waals surface area contributed by atoms with Crippen molar-refractivity contribution in [3.63, 3.8) is 0 Å². The van der Waals surface area contributed by atoms with Crippen LogP contribution in [0.4, 0.5) is 4.79 Å². The average molecular weight is 318 g/mol. The van der Waals surface area contributed by atoms with Crippen molar-refractivity contribution < 1.29 is 18.0 Å². The van der Waals surface area contributed by atoms with Crippen LogP contribution in [0.25, 0.3) is 0 Å². The Morgan fingerprint density at radius 3 is 2.55 bits per heavy atom. The molecule has 9 heteroatoms. The molecule has 20 heavy (non-hydrogen) atoms. The minimum absolute atomic E-state index is 0.204. The summed E-state index contributed by atoms with van der Waals surface area (Å²) >= 11 is 5.89. The van der Waals surface area contributed by atoms with E-state index < -0.39 is 28.0 Å². The fourth-order valence-corrected chi connectivity index (χ4v) is 3.15. The molecule has 108 valence electrons. The van der Waals surface area contributed by atoms with Gasteiger partial charge >= 0.3 is 6.03 Å². The number of halogens is 1. The molecule has 7 nitrogen and oxygen atoms in total. The van der Waals surface area contributed by atoms with E-state index in [0.717, 1.165) is 0 Å². The number of amides is 3. The number of nitrogens with one attached hydrogen (secondary N) is 3. The predicted octanol–water partition coefficient (Wildman–Crippen LogP) is -0.0326. The monoisotopic (exact) mass is 317 g/mol. The fourth-order valence-electron chi connectivity index (χ4n) is 1.68. The number of urea groups is 1. The molecule has 1 aromatic rings. The zero-order chi connectivity index (χ0) is 14.8. The van der Waals surface area contributed by atoms with Gasteiger partial charge in [-0.25, -0.2) is 17.9 Å². The van der Waals surface area contributed by atoms with Crippen molar-refractivity contribution in [2.24, 2.45) is 0 Å². The Morgan fingerprint density at radius 2 is 1.95 bits per heavy atom. The Hall–Kier alpha value is -1.64. The average Bonchev–Trinajstić information content (AvgIpc) is 2.68. The maximum absolute atomic E-state index is 11.9. The van der Waals surface area contributed by atoms with Crippen LogP contribution in [0.2, 0.25) is 5.02 Å². The van der Waals surface area contributed by atoms with Crippen LogP contribution in [0.3, 0.4) is 0 Å². The molecule has 1 unspecified atom stereocenters. The highest BCUT2D eigenvalue weighted by atomic mass is 35.5. The molecule has 1 saturated heterocycles. The van der Waals surface area contributed by atoms with Crippen molar-refractivity contribution in [1.29, 1.82) is 0 Å². The Labute approximate surface area is 120 Å². The van der Waals surface area contributed by atoms with E-state index in [4.69, 9.17) is 11.6 Å². The lowest BCUT2D eigenvalue weighted by atomic mass is 10.2. The SMILES string of the molecule is O=C1NC(=O)C(CNS(=O)(=O)Cc2ccccc2Cl)N1. The third-order valence-corrected chi connectivity index (χ3v) is 4.34. The summed E-state index contributed by atoms with van der Waals surface area (Å²) in [6.07, 6.45) is 0. The minimum Gasteiger partial charge on any atom is -0.325 e. The van der Waals surface area contributed by atoms with Gasteiger partial charge in [-0.05, 0) is 11.6 Å². The van der Waals surface area contributed by atoms with E-state index in [-0.39, 0.29) is 12.3 Å². The van der Waals surface area contributed by atoms with E-state index in [1.165, 1.54) is 0 Å². The van der Waals surface area contributed by atoms with E-state index in [1.807, 2.05) is 5.32 Å². The summed E-state index contributed by atoms with van der Waals surface area (Å²) in [4.78, 5) is 22.1. The molecule has 1 heterocycles. The van der Waals surface area contributed by atoms with Gasteiger partial charge in [0, 0.05) is 11.6 Å². The number of hydrogen-bond donors (Lipinski definition) is 3. The molecule has 3 N–H and O–H groups in total. The number of sulfonamides is 1. The molecular weight excluding hydrogens is 306 g/mol. The number of imide groups is 1. The molecule has 0 saturated carbocycles. The highest BCUT2D eigenvalue weighted by Gasteiger charge is 2.30. The van der Waals surface area contributed by atoms with Gasteiger partial charge in [-0.2, -0.15) is 0 Å². The van der Waals surface area contributed by atoms with E-state index in [1.54, 1.807) is 24.3 Å². The van der Waals surface area contributed by atoms with Crippen molar-refractivity contribution >= 4 is 33.6 Å². The van der Waals surface area contributed by atoms with Crippen molar-refractivity contribution in [2.45, 2.75) is 11.8 Å². The summed E-state index contributed by atoms with van der Waals surface area (Å²) in [5.41, 5.74) is 0.460. The van der Waals surface area contributed by atoms with E-state index in [2.05, 4.69) is 10.0 Å². The van der Waals surface area contributed by atoms with Gasteiger partial charge in [-0.1, -0.05) is 29.8 Å². The third-order valence-electron chi connectivity index (χ3n) is 2.67. The predicted molar refractivity (Wildman–Crippen MR) is 72.5 cm³/mol. The number of carbonyl (C=O) groups is 2. The van der Waals surface area contributed by atoms with Gasteiger partial charge < -0.3 is 5.32 Å². The van der Waals surface area contributed by atoms with Crippen LogP contribution >= 0.6 is 11.6 Å². The molecule has 1 aromatic carbocycles. The third kappa shape index (κ3) is 3.69. The van der Waals surface area contributed by atoms with E-state index >= 15 is 0 Å². The molecule has 0 aliphatic carbocycles. The smallest absolute Gasteiger partial charge is 0.322 e. The van der Waals surface area contributed by atoms with Crippen LogP contribution in [0.15, 0.2) is 24.3 Å². The quantitative estimate of drug-likeness (QED) is 0.663. The van der Waals surface area contributed by atoms with Gasteiger partial charge in [0.05, 0.1) is 5.75 Å². The van der Waals surface area contributed by atoms with Crippen LogP contribution in [0, 0.1) is 0 Å². The highest BCUT2D eigenvalue weighted by Crippen LogP contribution is 2.17. The molecule has 1 fully saturated rings. The Kier molecular flexibility index (Phi) is 4.26. The van der Waals surface area contributed by atoms with Gasteiger partial charge in [-0.15, -0.1) is 0 Å². The maximum atomic E-state index is 11.9. The Balaban J connectivity index is 1.97. The van der Waals surface area contributed by atoms with Gasteiger partial charge in [0.25, 0.3) is 5.91 Å². The van der Waals surface area contributed by atoms with Crippen LogP contribution in [-0.4, -0.2) is 32.9 Å². The second kappa shape index (κ2) is 5.78. The maximum Gasteiger partial charge on any atom is 0.322 e. The Morgan fingerprint density at radius 1 is 1.25 bits per heavy atom. The summed E-state index contributed by atoms with van der Waals surface area (Å²) in [6.45, 7) is -0.204. The summed E-state index contributed by atoms with van der Waals surface area (Å²) in [6, 6.07) is 5.04. The van der Waals surface area contributed by atoms with Crippen molar-refractivity contribution in [2.75, 3.05) is 6.54 Å². The van der Waals surface area contributed by atoms with Gasteiger partial charge in [0.2, 0.25) is 10.0 Å². The van der Waals surface area contributed by atoms with E-state index in [0.29, 0.717) is 10.6 Å². The first-order valence-electron chi connectivity index (χ1n) is 5.69. The largest absolute Gasteiger partial charge is 0.325 e. The van der Waals surface area contributed by atoms with Crippen LogP contribution in [0.5, 0.6) is 0 Å². The lowest BCUT2D eigenvalue weighted by Gasteiger charge is -2.10. The summed E-state index contributed by atoms with van der Waals surface area (Å²) in [7, 11) is -3.65. The molecule has 3 amide bonds. The number of carbonyl (C=O) groups excluding carboxylic acids is 2. The van der Waals surface area contributed by atoms with Crippen LogP contribution < -0.4 is 15.4 Å². The van der Waals surface area contributed by atoms with Crippen molar-refractivity contribution in [3.8, 4) is 0 Å².